The van der Waals surface area contributed by atoms with Gasteiger partial charge in [0.15, 0.2) is 0 Å². The van der Waals surface area contributed by atoms with Gasteiger partial charge in [0.2, 0.25) is 0 Å². The number of aryl methyl sites for hydroxylation is 1. The summed E-state index contributed by atoms with van der Waals surface area (Å²) in [7, 11) is 1.67. The quantitative estimate of drug-likeness (QED) is 0.862. The Kier molecular flexibility index (Phi) is 4.02. The molecule has 0 N–H and O–H groups in total. The number of hydrogen-bond donors (Lipinski definition) is 0. The normalized spacial score (nSPS) is 13.9. The molecular formula is C18H19NO2. The predicted molar refractivity (Wildman–Crippen MR) is 83.6 cm³/mol. The second-order valence-corrected chi connectivity index (χ2v) is 5.32. The van der Waals surface area contributed by atoms with Gasteiger partial charge in [0.05, 0.1) is 6.61 Å². The fourth-order valence-electron chi connectivity index (χ4n) is 2.81. The minimum Gasteiger partial charge on any atom is -0.380 e. The zero-order valence-electron chi connectivity index (χ0n) is 12.2. The van der Waals surface area contributed by atoms with Crippen LogP contribution in [0.15, 0.2) is 48.5 Å². The first-order valence-electron chi connectivity index (χ1n) is 7.27. The Morgan fingerprint density at radius 3 is 2.67 bits per heavy atom. The first kappa shape index (κ1) is 13.8. The molecule has 1 aliphatic heterocycles. The third-order valence-electron chi connectivity index (χ3n) is 3.87. The molecule has 0 saturated carbocycles. The average molecular weight is 281 g/mol. The van der Waals surface area contributed by atoms with E-state index < -0.39 is 0 Å². The Balaban J connectivity index is 1.86. The van der Waals surface area contributed by atoms with Crippen LogP contribution in [0.3, 0.4) is 0 Å². The number of ether oxygens (including phenoxy) is 1. The van der Waals surface area contributed by atoms with Crippen molar-refractivity contribution in [2.24, 2.45) is 0 Å². The van der Waals surface area contributed by atoms with Crippen molar-refractivity contribution in [1.29, 1.82) is 0 Å². The fourth-order valence-corrected chi connectivity index (χ4v) is 2.81. The van der Waals surface area contributed by atoms with Crippen LogP contribution < -0.4 is 4.90 Å². The second kappa shape index (κ2) is 6.10. The summed E-state index contributed by atoms with van der Waals surface area (Å²) >= 11 is 0. The van der Waals surface area contributed by atoms with Crippen LogP contribution in [0.1, 0.15) is 27.9 Å². The van der Waals surface area contributed by atoms with E-state index in [4.69, 9.17) is 4.74 Å². The van der Waals surface area contributed by atoms with E-state index in [2.05, 4.69) is 6.07 Å². The van der Waals surface area contributed by atoms with Crippen molar-refractivity contribution in [3.63, 3.8) is 0 Å². The number of hydrogen-bond acceptors (Lipinski definition) is 2. The number of para-hydroxylation sites is 1. The molecule has 0 spiro atoms. The van der Waals surface area contributed by atoms with Gasteiger partial charge in [-0.1, -0.05) is 30.3 Å². The van der Waals surface area contributed by atoms with E-state index in [0.717, 1.165) is 36.2 Å². The SMILES string of the molecule is COCc1ccc(C(=O)N2CCCc3ccccc32)cc1. The molecule has 0 aromatic heterocycles. The maximum absolute atomic E-state index is 12.7. The minimum absolute atomic E-state index is 0.0751. The lowest BCUT2D eigenvalue weighted by Gasteiger charge is -2.29. The van der Waals surface area contributed by atoms with Gasteiger partial charge in [-0.05, 0) is 42.2 Å². The van der Waals surface area contributed by atoms with E-state index in [0.29, 0.717) is 6.61 Å². The van der Waals surface area contributed by atoms with Crippen LogP contribution in [0.2, 0.25) is 0 Å². The van der Waals surface area contributed by atoms with Gasteiger partial charge < -0.3 is 9.64 Å². The fraction of sp³-hybridized carbons (Fsp3) is 0.278. The molecule has 2 aromatic carbocycles. The number of methoxy groups -OCH3 is 1. The lowest BCUT2D eigenvalue weighted by Crippen LogP contribution is -2.35. The molecule has 21 heavy (non-hydrogen) atoms. The monoisotopic (exact) mass is 281 g/mol. The molecule has 0 radical (unpaired) electrons. The van der Waals surface area contributed by atoms with E-state index in [-0.39, 0.29) is 5.91 Å². The largest absolute Gasteiger partial charge is 0.380 e. The summed E-state index contributed by atoms with van der Waals surface area (Å²) in [4.78, 5) is 14.6. The number of fused-ring (bicyclic) bond motifs is 1. The number of nitrogens with zero attached hydrogens (tertiary/aromatic N) is 1. The van der Waals surface area contributed by atoms with Gasteiger partial charge in [-0.3, -0.25) is 4.79 Å². The zero-order valence-corrected chi connectivity index (χ0v) is 12.2. The van der Waals surface area contributed by atoms with Gasteiger partial charge in [-0.25, -0.2) is 0 Å². The first-order valence-corrected chi connectivity index (χ1v) is 7.27. The molecular weight excluding hydrogens is 262 g/mol. The van der Waals surface area contributed by atoms with E-state index >= 15 is 0 Å². The van der Waals surface area contributed by atoms with Crippen molar-refractivity contribution in [2.75, 3.05) is 18.6 Å². The van der Waals surface area contributed by atoms with Crippen LogP contribution in [-0.2, 0) is 17.8 Å². The number of anilines is 1. The summed E-state index contributed by atoms with van der Waals surface area (Å²) in [6.07, 6.45) is 2.07. The van der Waals surface area contributed by atoms with Crippen molar-refractivity contribution in [1.82, 2.24) is 0 Å². The Hall–Kier alpha value is -2.13. The van der Waals surface area contributed by atoms with Crippen molar-refractivity contribution >= 4 is 11.6 Å². The summed E-state index contributed by atoms with van der Waals surface area (Å²) in [5, 5.41) is 0. The topological polar surface area (TPSA) is 29.5 Å². The highest BCUT2D eigenvalue weighted by Crippen LogP contribution is 2.28. The molecule has 1 amide bonds. The Labute approximate surface area is 125 Å². The lowest BCUT2D eigenvalue weighted by molar-refractivity contribution is 0.0985. The standard InChI is InChI=1S/C18H19NO2/c1-21-13-14-8-10-16(11-9-14)18(20)19-12-4-6-15-5-2-3-7-17(15)19/h2-3,5,7-11H,4,6,12-13H2,1H3. The van der Waals surface area contributed by atoms with Crippen molar-refractivity contribution in [3.8, 4) is 0 Å². The summed E-state index contributed by atoms with van der Waals surface area (Å²) in [5.41, 5.74) is 4.11. The van der Waals surface area contributed by atoms with E-state index in [1.807, 2.05) is 47.4 Å². The molecule has 108 valence electrons. The van der Waals surface area contributed by atoms with Crippen LogP contribution in [-0.4, -0.2) is 19.6 Å². The molecule has 3 heteroatoms. The van der Waals surface area contributed by atoms with E-state index in [1.54, 1.807) is 7.11 Å². The molecule has 0 aliphatic carbocycles. The van der Waals surface area contributed by atoms with Crippen molar-refractivity contribution in [3.05, 3.63) is 65.2 Å². The summed E-state index contributed by atoms with van der Waals surface area (Å²) in [6.45, 7) is 1.36. The minimum atomic E-state index is 0.0751. The highest BCUT2D eigenvalue weighted by atomic mass is 16.5. The molecule has 1 heterocycles. The van der Waals surface area contributed by atoms with Gasteiger partial charge in [-0.2, -0.15) is 0 Å². The summed E-state index contributed by atoms with van der Waals surface area (Å²) in [6, 6.07) is 15.8. The molecule has 0 saturated heterocycles. The number of carbonyl (C=O) groups is 1. The third kappa shape index (κ3) is 2.83. The van der Waals surface area contributed by atoms with Crippen LogP contribution >= 0.6 is 0 Å². The summed E-state index contributed by atoms with van der Waals surface area (Å²) < 4.78 is 5.10. The van der Waals surface area contributed by atoms with Gasteiger partial charge in [0.1, 0.15) is 0 Å². The first-order chi connectivity index (χ1) is 10.3. The van der Waals surface area contributed by atoms with E-state index in [9.17, 15) is 4.79 Å². The molecule has 3 nitrogen and oxygen atoms in total. The van der Waals surface area contributed by atoms with Crippen molar-refractivity contribution < 1.29 is 9.53 Å². The van der Waals surface area contributed by atoms with Crippen LogP contribution in [0.4, 0.5) is 5.69 Å². The van der Waals surface area contributed by atoms with Gasteiger partial charge in [-0.15, -0.1) is 0 Å². The summed E-state index contributed by atoms with van der Waals surface area (Å²) in [5.74, 6) is 0.0751. The molecule has 2 aromatic rings. The second-order valence-electron chi connectivity index (χ2n) is 5.32. The zero-order chi connectivity index (χ0) is 14.7. The average Bonchev–Trinajstić information content (AvgIpc) is 2.55. The van der Waals surface area contributed by atoms with Gasteiger partial charge in [0, 0.05) is 24.9 Å². The molecule has 3 rings (SSSR count). The van der Waals surface area contributed by atoms with Gasteiger partial charge in [0.25, 0.3) is 5.91 Å². The maximum Gasteiger partial charge on any atom is 0.258 e. The highest BCUT2D eigenvalue weighted by molar-refractivity contribution is 6.06. The lowest BCUT2D eigenvalue weighted by atomic mass is 10.0. The molecule has 0 fully saturated rings. The maximum atomic E-state index is 12.7. The Morgan fingerprint density at radius 2 is 1.90 bits per heavy atom. The van der Waals surface area contributed by atoms with Gasteiger partial charge >= 0.3 is 0 Å². The number of carbonyl (C=O) groups excluding carboxylic acids is 1. The molecule has 1 aliphatic rings. The van der Waals surface area contributed by atoms with Crippen molar-refractivity contribution in [2.45, 2.75) is 19.4 Å². The van der Waals surface area contributed by atoms with Crippen LogP contribution in [0.25, 0.3) is 0 Å². The molecule has 0 bridgehead atoms. The van der Waals surface area contributed by atoms with Crippen LogP contribution in [0, 0.1) is 0 Å². The number of rotatable bonds is 3. The highest BCUT2D eigenvalue weighted by Gasteiger charge is 2.22. The molecule has 0 unspecified atom stereocenters. The number of benzene rings is 2. The third-order valence-corrected chi connectivity index (χ3v) is 3.87. The Bertz CT molecular complexity index is 634. The predicted octanol–water partition coefficient (Wildman–Crippen LogP) is 3.43. The number of amides is 1. The smallest absolute Gasteiger partial charge is 0.258 e. The van der Waals surface area contributed by atoms with E-state index in [1.165, 1.54) is 5.56 Å². The molecule has 0 atom stereocenters. The van der Waals surface area contributed by atoms with Crippen LogP contribution in [0.5, 0.6) is 0 Å². The Morgan fingerprint density at radius 1 is 1.14 bits per heavy atom.